The van der Waals surface area contributed by atoms with Gasteiger partial charge in [0.2, 0.25) is 0 Å². The highest BCUT2D eigenvalue weighted by Crippen LogP contribution is 2.34. The average molecular weight is 405 g/mol. The maximum atomic E-state index is 13.8. The zero-order valence-electron chi connectivity index (χ0n) is 16.4. The second kappa shape index (κ2) is 11.0. The Morgan fingerprint density at radius 2 is 2.03 bits per heavy atom. The minimum Gasteiger partial charge on any atom is -0.490 e. The van der Waals surface area contributed by atoms with Gasteiger partial charge in [0.1, 0.15) is 23.5 Å². The molecule has 2 aromatic carbocycles. The fourth-order valence-corrected chi connectivity index (χ4v) is 2.67. The minimum absolute atomic E-state index is 0.0220. The molecule has 0 aliphatic rings. The SMILES string of the molecule is C=CCc1cc(/C=C(/C#N)C(=O)Nc2ccccc2F)cc(OCC)c1OCC#N. The van der Waals surface area contributed by atoms with Crippen molar-refractivity contribution in [1.29, 1.82) is 10.5 Å². The van der Waals surface area contributed by atoms with E-state index >= 15 is 0 Å². The van der Waals surface area contributed by atoms with Crippen molar-refractivity contribution in [2.24, 2.45) is 0 Å². The molecule has 1 amide bonds. The lowest BCUT2D eigenvalue weighted by molar-refractivity contribution is -0.112. The standard InChI is InChI=1S/C23H20FN3O3/c1-3-7-17-12-16(14-21(29-4-2)22(17)30-11-10-25)13-18(15-26)23(28)27-20-9-6-5-8-19(20)24/h3,5-6,8-9,12-14H,1,4,7,11H2,2H3,(H,27,28)/b18-13-. The Morgan fingerprint density at radius 1 is 1.27 bits per heavy atom. The largest absolute Gasteiger partial charge is 0.490 e. The number of ether oxygens (including phenoxy) is 2. The summed E-state index contributed by atoms with van der Waals surface area (Å²) in [4.78, 5) is 12.5. The van der Waals surface area contributed by atoms with Gasteiger partial charge in [-0.2, -0.15) is 10.5 Å². The van der Waals surface area contributed by atoms with Crippen molar-refractivity contribution in [3.8, 4) is 23.6 Å². The molecule has 6 nitrogen and oxygen atoms in total. The van der Waals surface area contributed by atoms with Crippen molar-refractivity contribution in [2.75, 3.05) is 18.5 Å². The van der Waals surface area contributed by atoms with Crippen LogP contribution in [0.25, 0.3) is 6.08 Å². The second-order valence-corrected chi connectivity index (χ2v) is 5.98. The summed E-state index contributed by atoms with van der Waals surface area (Å²) in [7, 11) is 0. The van der Waals surface area contributed by atoms with Crippen LogP contribution in [0.1, 0.15) is 18.1 Å². The number of nitrogens with one attached hydrogen (secondary N) is 1. The van der Waals surface area contributed by atoms with Gasteiger partial charge >= 0.3 is 0 Å². The smallest absolute Gasteiger partial charge is 0.266 e. The molecule has 30 heavy (non-hydrogen) atoms. The summed E-state index contributed by atoms with van der Waals surface area (Å²) >= 11 is 0. The molecule has 0 aliphatic heterocycles. The molecule has 0 aliphatic carbocycles. The highest BCUT2D eigenvalue weighted by molar-refractivity contribution is 6.09. The van der Waals surface area contributed by atoms with Crippen LogP contribution in [0.3, 0.4) is 0 Å². The quantitative estimate of drug-likeness (QED) is 0.379. The summed E-state index contributed by atoms with van der Waals surface area (Å²) < 4.78 is 24.9. The molecule has 0 saturated heterocycles. The number of allylic oxidation sites excluding steroid dienone is 1. The zero-order chi connectivity index (χ0) is 21.9. The normalized spacial score (nSPS) is 10.5. The van der Waals surface area contributed by atoms with Crippen LogP contribution in [0.2, 0.25) is 0 Å². The van der Waals surface area contributed by atoms with Gasteiger partial charge in [-0.15, -0.1) is 6.58 Å². The molecule has 152 valence electrons. The first-order chi connectivity index (χ1) is 14.5. The molecule has 0 aromatic heterocycles. The number of amides is 1. The number of halogens is 1. The van der Waals surface area contributed by atoms with Gasteiger partial charge in [-0.05, 0) is 49.2 Å². The third-order valence-corrected chi connectivity index (χ3v) is 3.90. The van der Waals surface area contributed by atoms with Crippen molar-refractivity contribution in [2.45, 2.75) is 13.3 Å². The van der Waals surface area contributed by atoms with E-state index in [1.165, 1.54) is 24.3 Å². The van der Waals surface area contributed by atoms with Gasteiger partial charge in [0.05, 0.1) is 12.3 Å². The summed E-state index contributed by atoms with van der Waals surface area (Å²) in [6.45, 7) is 5.70. The van der Waals surface area contributed by atoms with Crippen LogP contribution >= 0.6 is 0 Å². The molecule has 0 unspecified atom stereocenters. The first-order valence-corrected chi connectivity index (χ1v) is 9.12. The molecule has 0 spiro atoms. The molecule has 1 N–H and O–H groups in total. The van der Waals surface area contributed by atoms with Gasteiger partial charge in [-0.25, -0.2) is 4.39 Å². The van der Waals surface area contributed by atoms with Gasteiger partial charge < -0.3 is 14.8 Å². The van der Waals surface area contributed by atoms with E-state index in [-0.39, 0.29) is 17.9 Å². The summed E-state index contributed by atoms with van der Waals surface area (Å²) in [6.07, 6.45) is 3.46. The predicted molar refractivity (Wildman–Crippen MR) is 111 cm³/mol. The lowest BCUT2D eigenvalue weighted by atomic mass is 10.0. The van der Waals surface area contributed by atoms with Gasteiger partial charge in [0, 0.05) is 5.56 Å². The highest BCUT2D eigenvalue weighted by Gasteiger charge is 2.16. The number of para-hydroxylation sites is 1. The van der Waals surface area contributed by atoms with E-state index < -0.39 is 11.7 Å². The molecule has 0 heterocycles. The molecule has 7 heteroatoms. The van der Waals surface area contributed by atoms with E-state index in [9.17, 15) is 14.4 Å². The number of hydrogen-bond acceptors (Lipinski definition) is 5. The number of hydrogen-bond donors (Lipinski definition) is 1. The number of nitrogens with zero attached hydrogens (tertiary/aromatic N) is 2. The Balaban J connectivity index is 2.44. The first kappa shape index (κ1) is 22.2. The molecular formula is C23H20FN3O3. The zero-order valence-corrected chi connectivity index (χ0v) is 16.4. The summed E-state index contributed by atoms with van der Waals surface area (Å²) in [6, 6.07) is 12.7. The maximum absolute atomic E-state index is 13.8. The monoisotopic (exact) mass is 405 g/mol. The van der Waals surface area contributed by atoms with Crippen LogP contribution in [-0.4, -0.2) is 19.1 Å². The van der Waals surface area contributed by atoms with Crippen LogP contribution in [0, 0.1) is 28.5 Å². The maximum Gasteiger partial charge on any atom is 0.266 e. The Morgan fingerprint density at radius 3 is 2.67 bits per heavy atom. The van der Waals surface area contributed by atoms with E-state index in [1.54, 1.807) is 31.2 Å². The third kappa shape index (κ3) is 5.70. The van der Waals surface area contributed by atoms with Crippen molar-refractivity contribution in [3.05, 3.63) is 71.6 Å². The Hall–Kier alpha value is -4.10. The third-order valence-electron chi connectivity index (χ3n) is 3.90. The number of nitriles is 2. The molecule has 2 rings (SSSR count). The molecule has 2 aromatic rings. The van der Waals surface area contributed by atoms with Crippen molar-refractivity contribution < 1.29 is 18.7 Å². The molecule has 0 bridgehead atoms. The molecular weight excluding hydrogens is 385 g/mol. The van der Waals surface area contributed by atoms with Crippen molar-refractivity contribution in [1.82, 2.24) is 0 Å². The number of carbonyl (C=O) groups excluding carboxylic acids is 1. The Bertz CT molecular complexity index is 1050. The van der Waals surface area contributed by atoms with Crippen LogP contribution in [0.15, 0.2) is 54.6 Å². The van der Waals surface area contributed by atoms with Gasteiger partial charge in [0.15, 0.2) is 18.1 Å². The minimum atomic E-state index is -0.740. The fraction of sp³-hybridized carbons (Fsp3) is 0.174. The highest BCUT2D eigenvalue weighted by atomic mass is 19.1. The van der Waals surface area contributed by atoms with E-state index in [4.69, 9.17) is 14.7 Å². The van der Waals surface area contributed by atoms with Gasteiger partial charge in [-0.3, -0.25) is 4.79 Å². The second-order valence-electron chi connectivity index (χ2n) is 5.98. The summed E-state index contributed by atoms with van der Waals surface area (Å²) in [5.74, 6) is -0.556. The van der Waals surface area contributed by atoms with E-state index in [1.807, 2.05) is 12.1 Å². The Labute approximate surface area is 174 Å². The summed E-state index contributed by atoms with van der Waals surface area (Å²) in [5.41, 5.74) is 0.964. The fourth-order valence-electron chi connectivity index (χ4n) is 2.67. The van der Waals surface area contributed by atoms with E-state index in [2.05, 4.69) is 11.9 Å². The van der Waals surface area contributed by atoms with Crippen LogP contribution in [0.4, 0.5) is 10.1 Å². The molecule has 0 fully saturated rings. The molecule has 0 radical (unpaired) electrons. The first-order valence-electron chi connectivity index (χ1n) is 9.12. The number of rotatable bonds is 9. The number of carbonyl (C=O) groups is 1. The van der Waals surface area contributed by atoms with Crippen molar-refractivity contribution in [3.63, 3.8) is 0 Å². The summed E-state index contributed by atoms with van der Waals surface area (Å²) in [5, 5.41) is 20.7. The average Bonchev–Trinajstić information content (AvgIpc) is 2.73. The lowest BCUT2D eigenvalue weighted by Gasteiger charge is -2.15. The van der Waals surface area contributed by atoms with Crippen molar-refractivity contribution >= 4 is 17.7 Å². The van der Waals surface area contributed by atoms with Gasteiger partial charge in [0.25, 0.3) is 5.91 Å². The lowest BCUT2D eigenvalue weighted by Crippen LogP contribution is -2.14. The molecule has 0 saturated carbocycles. The van der Waals surface area contributed by atoms with Gasteiger partial charge in [-0.1, -0.05) is 18.2 Å². The number of anilines is 1. The molecule has 0 atom stereocenters. The van der Waals surface area contributed by atoms with Crippen LogP contribution in [-0.2, 0) is 11.2 Å². The van der Waals surface area contributed by atoms with Crippen LogP contribution < -0.4 is 14.8 Å². The van der Waals surface area contributed by atoms with E-state index in [0.717, 1.165) is 0 Å². The number of benzene rings is 2. The Kier molecular flexibility index (Phi) is 8.16. The van der Waals surface area contributed by atoms with E-state index in [0.29, 0.717) is 35.7 Å². The predicted octanol–water partition coefficient (Wildman–Crippen LogP) is 4.40. The van der Waals surface area contributed by atoms with Crippen LogP contribution in [0.5, 0.6) is 11.5 Å². The topological polar surface area (TPSA) is 95.1 Å².